The van der Waals surface area contributed by atoms with E-state index in [0.717, 1.165) is 0 Å². The number of rotatable bonds is 2. The van der Waals surface area contributed by atoms with Crippen molar-refractivity contribution in [3.05, 3.63) is 0 Å². The minimum absolute atomic E-state index is 0.264. The van der Waals surface area contributed by atoms with Crippen LogP contribution in [0.15, 0.2) is 0 Å². The maximum absolute atomic E-state index is 5.62. The first-order chi connectivity index (χ1) is 5.68. The normalized spacial score (nSPS) is 19.4. The molecule has 0 bridgehead atoms. The lowest BCUT2D eigenvalue weighted by molar-refractivity contribution is 0.447. The van der Waals surface area contributed by atoms with Gasteiger partial charge in [-0.25, -0.2) is 4.68 Å². The third-order valence-electron chi connectivity index (χ3n) is 2.36. The molecule has 0 saturated heterocycles. The first-order valence-electron chi connectivity index (χ1n) is 4.16. The zero-order valence-electron chi connectivity index (χ0n) is 7.07. The van der Waals surface area contributed by atoms with Gasteiger partial charge in [0.15, 0.2) is 0 Å². The number of nitrogens with two attached hydrogens (primary N) is 2. The molecule has 5 heteroatoms. The molecule has 1 aromatic rings. The molecule has 1 heterocycles. The van der Waals surface area contributed by atoms with Crippen molar-refractivity contribution < 1.29 is 0 Å². The van der Waals surface area contributed by atoms with Crippen LogP contribution in [0.1, 0.15) is 25.8 Å². The fourth-order valence-corrected chi connectivity index (χ4v) is 1.43. The molecular formula is C7H13N5. The number of nitrogen functional groups attached to an aromatic ring is 2. The third kappa shape index (κ3) is 1.11. The zero-order valence-corrected chi connectivity index (χ0v) is 7.07. The van der Waals surface area contributed by atoms with E-state index in [4.69, 9.17) is 11.5 Å². The lowest BCUT2D eigenvalue weighted by Gasteiger charge is -2.10. The Morgan fingerprint density at radius 1 is 1.50 bits per heavy atom. The highest BCUT2D eigenvalue weighted by Crippen LogP contribution is 2.39. The summed E-state index contributed by atoms with van der Waals surface area (Å²) in [4.78, 5) is 3.85. The second-order valence-corrected chi connectivity index (χ2v) is 3.35. The van der Waals surface area contributed by atoms with E-state index in [1.807, 2.05) is 0 Å². The second-order valence-electron chi connectivity index (χ2n) is 3.35. The van der Waals surface area contributed by atoms with Crippen LogP contribution in [0.25, 0.3) is 0 Å². The van der Waals surface area contributed by atoms with E-state index >= 15 is 0 Å². The van der Waals surface area contributed by atoms with Gasteiger partial charge < -0.3 is 11.5 Å². The van der Waals surface area contributed by atoms with Crippen molar-refractivity contribution in [2.75, 3.05) is 11.5 Å². The average Bonchev–Trinajstić information content (AvgIpc) is 2.77. The summed E-state index contributed by atoms with van der Waals surface area (Å²) in [6.45, 7) is 2.10. The van der Waals surface area contributed by atoms with Crippen molar-refractivity contribution in [3.63, 3.8) is 0 Å². The fourth-order valence-electron chi connectivity index (χ4n) is 1.43. The first-order valence-corrected chi connectivity index (χ1v) is 4.16. The lowest BCUT2D eigenvalue weighted by atomic mass is 10.2. The molecule has 1 aliphatic rings. The molecule has 4 N–H and O–H groups in total. The van der Waals surface area contributed by atoms with E-state index in [1.165, 1.54) is 12.8 Å². The number of nitrogens with zero attached hydrogens (tertiary/aromatic N) is 3. The van der Waals surface area contributed by atoms with Crippen LogP contribution in [-0.2, 0) is 0 Å². The molecule has 12 heavy (non-hydrogen) atoms. The van der Waals surface area contributed by atoms with Gasteiger partial charge in [-0.3, -0.25) is 0 Å². The topological polar surface area (TPSA) is 82.8 Å². The van der Waals surface area contributed by atoms with Gasteiger partial charge in [-0.15, -0.1) is 5.10 Å². The average molecular weight is 167 g/mol. The number of aromatic nitrogens is 3. The molecule has 5 nitrogen and oxygen atoms in total. The van der Waals surface area contributed by atoms with E-state index in [-0.39, 0.29) is 5.95 Å². The monoisotopic (exact) mass is 167 g/mol. The molecule has 1 saturated carbocycles. The quantitative estimate of drug-likeness (QED) is 0.668. The van der Waals surface area contributed by atoms with Gasteiger partial charge in [-0.05, 0) is 25.7 Å². The van der Waals surface area contributed by atoms with E-state index in [9.17, 15) is 0 Å². The highest BCUT2D eigenvalue weighted by molar-refractivity contribution is 5.27. The van der Waals surface area contributed by atoms with E-state index in [1.54, 1.807) is 4.68 Å². The Kier molecular flexibility index (Phi) is 1.46. The van der Waals surface area contributed by atoms with Crippen LogP contribution in [0.3, 0.4) is 0 Å². The molecule has 0 aliphatic heterocycles. The smallest absolute Gasteiger partial charge is 0.241 e. The van der Waals surface area contributed by atoms with Crippen LogP contribution in [0.2, 0.25) is 0 Å². The Labute approximate surface area is 70.8 Å². The van der Waals surface area contributed by atoms with Gasteiger partial charge in [0.2, 0.25) is 11.9 Å². The van der Waals surface area contributed by atoms with Crippen molar-refractivity contribution in [2.24, 2.45) is 5.92 Å². The maximum Gasteiger partial charge on any atom is 0.241 e. The molecule has 0 radical (unpaired) electrons. The molecule has 1 unspecified atom stereocenters. The molecule has 1 atom stereocenters. The Morgan fingerprint density at radius 2 is 2.17 bits per heavy atom. The Balaban J connectivity index is 2.25. The van der Waals surface area contributed by atoms with Gasteiger partial charge in [0, 0.05) is 0 Å². The number of anilines is 2. The maximum atomic E-state index is 5.62. The van der Waals surface area contributed by atoms with Gasteiger partial charge in [0.1, 0.15) is 0 Å². The Bertz CT molecular complexity index is 288. The Hall–Kier alpha value is -1.26. The van der Waals surface area contributed by atoms with Crippen LogP contribution in [0.4, 0.5) is 11.9 Å². The Morgan fingerprint density at radius 3 is 2.58 bits per heavy atom. The van der Waals surface area contributed by atoms with Gasteiger partial charge in [0.05, 0.1) is 6.04 Å². The molecule has 1 aliphatic carbocycles. The number of hydrogen-bond donors (Lipinski definition) is 2. The van der Waals surface area contributed by atoms with Crippen LogP contribution in [0, 0.1) is 5.92 Å². The van der Waals surface area contributed by atoms with E-state index < -0.39 is 0 Å². The summed E-state index contributed by atoms with van der Waals surface area (Å²) in [5.41, 5.74) is 11.0. The summed E-state index contributed by atoms with van der Waals surface area (Å²) in [6.07, 6.45) is 2.53. The van der Waals surface area contributed by atoms with Gasteiger partial charge in [-0.2, -0.15) is 4.98 Å². The lowest BCUT2D eigenvalue weighted by Crippen LogP contribution is -2.12. The summed E-state index contributed by atoms with van der Waals surface area (Å²) in [6, 6.07) is 0.342. The van der Waals surface area contributed by atoms with Crippen LogP contribution >= 0.6 is 0 Å². The molecule has 0 spiro atoms. The summed E-state index contributed by atoms with van der Waals surface area (Å²) in [5.74, 6) is 1.40. The summed E-state index contributed by atoms with van der Waals surface area (Å²) >= 11 is 0. The fraction of sp³-hybridized carbons (Fsp3) is 0.714. The molecule has 66 valence electrons. The zero-order chi connectivity index (χ0) is 8.72. The predicted octanol–water partition coefficient (Wildman–Crippen LogP) is 0.414. The van der Waals surface area contributed by atoms with Crippen LogP contribution in [0.5, 0.6) is 0 Å². The minimum atomic E-state index is 0.264. The van der Waals surface area contributed by atoms with Crippen molar-refractivity contribution >= 4 is 11.9 Å². The summed E-state index contributed by atoms with van der Waals surface area (Å²) < 4.78 is 1.72. The van der Waals surface area contributed by atoms with Crippen LogP contribution < -0.4 is 11.5 Å². The van der Waals surface area contributed by atoms with Crippen LogP contribution in [-0.4, -0.2) is 14.8 Å². The van der Waals surface area contributed by atoms with Crippen molar-refractivity contribution in [1.29, 1.82) is 0 Å². The van der Waals surface area contributed by atoms with E-state index in [2.05, 4.69) is 17.0 Å². The van der Waals surface area contributed by atoms with Gasteiger partial charge in [-0.1, -0.05) is 0 Å². The molecular weight excluding hydrogens is 154 g/mol. The molecule has 1 fully saturated rings. The number of hydrogen-bond acceptors (Lipinski definition) is 4. The molecule has 0 aromatic carbocycles. The van der Waals surface area contributed by atoms with Gasteiger partial charge in [0.25, 0.3) is 0 Å². The SMILES string of the molecule is CC(C1CC1)n1nc(N)nc1N. The van der Waals surface area contributed by atoms with Gasteiger partial charge >= 0.3 is 0 Å². The molecule has 2 rings (SSSR count). The predicted molar refractivity (Wildman–Crippen MR) is 46.3 cm³/mol. The molecule has 0 amide bonds. The van der Waals surface area contributed by atoms with E-state index in [0.29, 0.717) is 17.9 Å². The third-order valence-corrected chi connectivity index (χ3v) is 2.36. The largest absolute Gasteiger partial charge is 0.368 e. The van der Waals surface area contributed by atoms with Crippen molar-refractivity contribution in [1.82, 2.24) is 14.8 Å². The van der Waals surface area contributed by atoms with Crippen molar-refractivity contribution in [3.8, 4) is 0 Å². The first kappa shape index (κ1) is 7.39. The highest BCUT2D eigenvalue weighted by Gasteiger charge is 2.30. The van der Waals surface area contributed by atoms with Crippen molar-refractivity contribution in [2.45, 2.75) is 25.8 Å². The molecule has 1 aromatic heterocycles. The summed E-state index contributed by atoms with van der Waals surface area (Å²) in [7, 11) is 0. The summed E-state index contributed by atoms with van der Waals surface area (Å²) in [5, 5.41) is 4.03. The second kappa shape index (κ2) is 2.36. The minimum Gasteiger partial charge on any atom is -0.368 e. The standard InChI is InChI=1S/C7H13N5/c1-4(5-2-3-5)12-7(9)10-6(8)11-12/h4-5H,2-3H2,1H3,(H4,8,9,10,11). The highest BCUT2D eigenvalue weighted by atomic mass is 15.4.